The summed E-state index contributed by atoms with van der Waals surface area (Å²) >= 11 is 6.22. The van der Waals surface area contributed by atoms with Crippen molar-refractivity contribution in [2.75, 3.05) is 29.9 Å². The van der Waals surface area contributed by atoms with Crippen LogP contribution in [0.4, 0.5) is 17.1 Å². The monoisotopic (exact) mass is 527 g/mol. The first-order valence-corrected chi connectivity index (χ1v) is 12.8. The van der Waals surface area contributed by atoms with E-state index in [1.807, 2.05) is 0 Å². The van der Waals surface area contributed by atoms with Crippen molar-refractivity contribution < 1.29 is 22.7 Å². The number of fused-ring (bicyclic) bond motifs is 2. The third kappa shape index (κ3) is 5.42. The van der Waals surface area contributed by atoms with Gasteiger partial charge in [-0.05, 0) is 36.4 Å². The van der Waals surface area contributed by atoms with Crippen LogP contribution in [0.5, 0.6) is 5.75 Å². The van der Waals surface area contributed by atoms with Gasteiger partial charge >= 0.3 is 0 Å². The number of pyridine rings is 1. The van der Waals surface area contributed by atoms with Crippen molar-refractivity contribution in [3.63, 3.8) is 0 Å². The fourth-order valence-electron chi connectivity index (χ4n) is 3.73. The van der Waals surface area contributed by atoms with Gasteiger partial charge < -0.3 is 21.1 Å². The molecule has 0 aliphatic heterocycles. The van der Waals surface area contributed by atoms with E-state index in [1.165, 1.54) is 7.11 Å². The van der Waals surface area contributed by atoms with E-state index >= 15 is 0 Å². The molecule has 0 unspecified atom stereocenters. The number of rotatable bonds is 8. The van der Waals surface area contributed by atoms with Crippen molar-refractivity contribution in [3.05, 3.63) is 65.2 Å². The standard InChI is InChI=1S/C24H22ClN5O5S/c1-35-20-11-14(30-36(2,33)34)7-9-18(20)28-22-15-8-6-13(25)10-19(15)29-23-16(22)4-3-5-17(23)24(32)27-12-21(26)31/h3-11,30H,12H2,1-2H3,(H2,26,31)(H,27,32)(H,28,29). The van der Waals surface area contributed by atoms with E-state index < -0.39 is 21.8 Å². The zero-order valence-corrected chi connectivity index (χ0v) is 20.8. The summed E-state index contributed by atoms with van der Waals surface area (Å²) in [6.07, 6.45) is 1.06. The van der Waals surface area contributed by atoms with Gasteiger partial charge in [0.2, 0.25) is 15.9 Å². The summed E-state index contributed by atoms with van der Waals surface area (Å²) in [5.74, 6) is -0.795. The second kappa shape index (κ2) is 9.88. The van der Waals surface area contributed by atoms with Gasteiger partial charge in [0.1, 0.15) is 5.75 Å². The number of carbonyl (C=O) groups excluding carboxylic acids is 2. The first-order valence-electron chi connectivity index (χ1n) is 10.6. The maximum absolute atomic E-state index is 12.8. The summed E-state index contributed by atoms with van der Waals surface area (Å²) < 4.78 is 31.2. The third-order valence-electron chi connectivity index (χ3n) is 5.20. The molecule has 1 aromatic heterocycles. The molecule has 36 heavy (non-hydrogen) atoms. The number of aromatic nitrogens is 1. The van der Waals surface area contributed by atoms with E-state index in [1.54, 1.807) is 54.6 Å². The number of benzene rings is 3. The molecule has 3 aromatic carbocycles. The van der Waals surface area contributed by atoms with Gasteiger partial charge in [0.15, 0.2) is 0 Å². The van der Waals surface area contributed by atoms with Gasteiger partial charge in [-0.1, -0.05) is 23.7 Å². The second-order valence-corrected chi connectivity index (χ2v) is 10.1. The molecule has 5 N–H and O–H groups in total. The number of nitrogens with two attached hydrogens (primary N) is 1. The van der Waals surface area contributed by atoms with Gasteiger partial charge in [0, 0.05) is 21.9 Å². The molecule has 0 spiro atoms. The summed E-state index contributed by atoms with van der Waals surface area (Å²) in [6.45, 7) is -0.315. The predicted molar refractivity (Wildman–Crippen MR) is 141 cm³/mol. The number of primary amides is 1. The number of carbonyl (C=O) groups is 2. The highest BCUT2D eigenvalue weighted by molar-refractivity contribution is 7.92. The van der Waals surface area contributed by atoms with E-state index in [4.69, 9.17) is 22.1 Å². The number of hydrogen-bond acceptors (Lipinski definition) is 7. The summed E-state index contributed by atoms with van der Waals surface area (Å²) in [4.78, 5) is 28.6. The van der Waals surface area contributed by atoms with Gasteiger partial charge in [-0.3, -0.25) is 14.3 Å². The zero-order valence-electron chi connectivity index (χ0n) is 19.3. The molecule has 186 valence electrons. The Morgan fingerprint density at radius 1 is 1.08 bits per heavy atom. The molecule has 1 heterocycles. The molecule has 4 aromatic rings. The van der Waals surface area contributed by atoms with E-state index in [2.05, 4.69) is 20.3 Å². The molecule has 0 bridgehead atoms. The smallest absolute Gasteiger partial charge is 0.253 e. The van der Waals surface area contributed by atoms with Crippen molar-refractivity contribution in [1.82, 2.24) is 10.3 Å². The van der Waals surface area contributed by atoms with Crippen LogP contribution in [-0.2, 0) is 14.8 Å². The van der Waals surface area contributed by atoms with Crippen LogP contribution in [-0.4, -0.2) is 45.1 Å². The van der Waals surface area contributed by atoms with Crippen LogP contribution in [0.3, 0.4) is 0 Å². The number of amides is 2. The number of nitrogens with one attached hydrogen (secondary N) is 3. The number of anilines is 3. The minimum Gasteiger partial charge on any atom is -0.494 e. The summed E-state index contributed by atoms with van der Waals surface area (Å²) in [6, 6.07) is 15.1. The molecule has 0 aliphatic carbocycles. The van der Waals surface area contributed by atoms with E-state index in [0.717, 1.165) is 11.6 Å². The van der Waals surface area contributed by atoms with Gasteiger partial charge in [-0.25, -0.2) is 13.4 Å². The van der Waals surface area contributed by atoms with Gasteiger partial charge in [0.25, 0.3) is 5.91 Å². The number of methoxy groups -OCH3 is 1. The molecule has 12 heteroatoms. The van der Waals surface area contributed by atoms with E-state index in [0.29, 0.717) is 44.3 Å². The first kappa shape index (κ1) is 25.0. The van der Waals surface area contributed by atoms with Crippen molar-refractivity contribution >= 4 is 72.3 Å². The van der Waals surface area contributed by atoms with Crippen molar-refractivity contribution in [2.24, 2.45) is 5.73 Å². The number of ether oxygens (including phenoxy) is 1. The fraction of sp³-hybridized carbons (Fsp3) is 0.125. The normalized spacial score (nSPS) is 11.3. The lowest BCUT2D eigenvalue weighted by molar-refractivity contribution is -0.117. The number of para-hydroxylation sites is 1. The Bertz CT molecular complexity index is 1620. The molecule has 0 saturated carbocycles. The fourth-order valence-corrected chi connectivity index (χ4v) is 4.45. The average Bonchev–Trinajstić information content (AvgIpc) is 2.81. The molecule has 0 fully saturated rings. The lowest BCUT2D eigenvalue weighted by atomic mass is 10.0. The number of halogens is 1. The Hall–Kier alpha value is -4.09. The highest BCUT2D eigenvalue weighted by Gasteiger charge is 2.18. The largest absolute Gasteiger partial charge is 0.494 e. The van der Waals surface area contributed by atoms with Crippen LogP contribution in [0, 0.1) is 0 Å². The van der Waals surface area contributed by atoms with Crippen LogP contribution >= 0.6 is 11.6 Å². The van der Waals surface area contributed by atoms with Crippen LogP contribution in [0.1, 0.15) is 10.4 Å². The number of nitrogens with zero attached hydrogens (tertiary/aromatic N) is 1. The summed E-state index contributed by atoms with van der Waals surface area (Å²) in [7, 11) is -2.01. The highest BCUT2D eigenvalue weighted by Crippen LogP contribution is 2.38. The summed E-state index contributed by atoms with van der Waals surface area (Å²) in [5.41, 5.74) is 7.83. The van der Waals surface area contributed by atoms with Crippen LogP contribution in [0.25, 0.3) is 21.8 Å². The minimum atomic E-state index is -3.47. The second-order valence-electron chi connectivity index (χ2n) is 7.91. The Morgan fingerprint density at radius 2 is 1.86 bits per heavy atom. The van der Waals surface area contributed by atoms with E-state index in [9.17, 15) is 18.0 Å². The maximum atomic E-state index is 12.8. The SMILES string of the molecule is COc1cc(NS(C)(=O)=O)ccc1Nc1c2ccc(Cl)cc2nc2c(C(=O)NCC(N)=O)cccc12. The average molecular weight is 528 g/mol. The Balaban J connectivity index is 1.89. The summed E-state index contributed by atoms with van der Waals surface area (Å²) in [5, 5.41) is 7.64. The molecule has 4 rings (SSSR count). The van der Waals surface area contributed by atoms with Gasteiger partial charge in [-0.2, -0.15) is 0 Å². The topological polar surface area (TPSA) is 153 Å². The molecule has 10 nitrogen and oxygen atoms in total. The molecular weight excluding hydrogens is 506 g/mol. The van der Waals surface area contributed by atoms with Crippen molar-refractivity contribution in [3.8, 4) is 5.75 Å². The number of hydrogen-bond donors (Lipinski definition) is 4. The van der Waals surface area contributed by atoms with Crippen LogP contribution in [0.2, 0.25) is 5.02 Å². The lowest BCUT2D eigenvalue weighted by Gasteiger charge is -2.17. The molecule has 0 aliphatic rings. The van der Waals surface area contributed by atoms with Gasteiger partial charge in [0.05, 0.1) is 53.6 Å². The van der Waals surface area contributed by atoms with Crippen molar-refractivity contribution in [1.29, 1.82) is 0 Å². The third-order valence-corrected chi connectivity index (χ3v) is 6.04. The Kier molecular flexibility index (Phi) is 6.86. The van der Waals surface area contributed by atoms with Gasteiger partial charge in [-0.15, -0.1) is 0 Å². The zero-order chi connectivity index (χ0) is 26.0. The maximum Gasteiger partial charge on any atom is 0.253 e. The van der Waals surface area contributed by atoms with Crippen molar-refractivity contribution in [2.45, 2.75) is 0 Å². The minimum absolute atomic E-state index is 0.248. The quantitative estimate of drug-likeness (QED) is 0.256. The first-order chi connectivity index (χ1) is 17.1. The Labute approximate surface area is 211 Å². The molecule has 0 atom stereocenters. The van der Waals surface area contributed by atoms with E-state index in [-0.39, 0.29) is 12.1 Å². The van der Waals surface area contributed by atoms with Crippen LogP contribution in [0.15, 0.2) is 54.6 Å². The molecule has 0 saturated heterocycles. The molecular formula is C24H22ClN5O5S. The Morgan fingerprint density at radius 3 is 2.56 bits per heavy atom. The highest BCUT2D eigenvalue weighted by atomic mass is 35.5. The lowest BCUT2D eigenvalue weighted by Crippen LogP contribution is -2.33. The molecule has 0 radical (unpaired) electrons. The molecule has 2 amide bonds. The van der Waals surface area contributed by atoms with Crippen LogP contribution < -0.4 is 25.8 Å². The number of sulfonamides is 1. The predicted octanol–water partition coefficient (Wildman–Crippen LogP) is 3.38.